The molecule has 2 N–H and O–H groups in total. The number of halogens is 1. The van der Waals surface area contributed by atoms with E-state index in [1.54, 1.807) is 0 Å². The minimum atomic E-state index is -1.15. The van der Waals surface area contributed by atoms with Crippen molar-refractivity contribution in [1.82, 2.24) is 0 Å². The largest absolute Gasteiger partial charge is 0.505 e. The highest BCUT2D eigenvalue weighted by Crippen LogP contribution is 2.31. The van der Waals surface area contributed by atoms with Crippen LogP contribution in [0, 0.1) is 12.7 Å². The molecule has 0 spiro atoms. The third kappa shape index (κ3) is 1.47. The number of phenolic OH excluding ortho intramolecular Hbond substituents is 2. The van der Waals surface area contributed by atoms with E-state index in [1.807, 2.05) is 0 Å². The van der Waals surface area contributed by atoms with Gasteiger partial charge in [0.1, 0.15) is 0 Å². The highest BCUT2D eigenvalue weighted by molar-refractivity contribution is 5.97. The first kappa shape index (κ1) is 9.51. The Morgan fingerprint density at radius 1 is 1.38 bits per heavy atom. The quantitative estimate of drug-likeness (QED) is 0.653. The van der Waals surface area contributed by atoms with Gasteiger partial charge in [-0.25, -0.2) is 0 Å². The average Bonchev–Trinajstić information content (AvgIpc) is 2.07. The number of rotatable bonds is 1. The Morgan fingerprint density at radius 2 is 1.92 bits per heavy atom. The van der Waals surface area contributed by atoms with E-state index >= 15 is 0 Å². The highest BCUT2D eigenvalue weighted by atomic mass is 19.1. The van der Waals surface area contributed by atoms with Crippen LogP contribution >= 0.6 is 0 Å². The molecule has 0 heterocycles. The Kier molecular flexibility index (Phi) is 2.23. The van der Waals surface area contributed by atoms with Crippen LogP contribution in [0.4, 0.5) is 4.39 Å². The number of ketones is 1. The molecule has 0 unspecified atom stereocenters. The number of carbonyl (C=O) groups is 1. The Bertz CT molecular complexity index is 372. The van der Waals surface area contributed by atoms with E-state index in [0.29, 0.717) is 0 Å². The maximum Gasteiger partial charge on any atom is 0.207 e. The molecule has 1 aromatic rings. The zero-order valence-electron chi connectivity index (χ0n) is 7.26. The van der Waals surface area contributed by atoms with E-state index in [0.717, 1.165) is 0 Å². The number of hydrogen-bond donors (Lipinski definition) is 2. The van der Waals surface area contributed by atoms with Crippen LogP contribution < -0.4 is 0 Å². The summed E-state index contributed by atoms with van der Waals surface area (Å²) in [7, 11) is 0. The van der Waals surface area contributed by atoms with Crippen LogP contribution in [0.3, 0.4) is 0 Å². The molecule has 0 fully saturated rings. The van der Waals surface area contributed by atoms with Crippen LogP contribution in [0.1, 0.15) is 22.8 Å². The van der Waals surface area contributed by atoms with Crippen molar-refractivity contribution in [2.45, 2.75) is 13.8 Å². The molecule has 13 heavy (non-hydrogen) atoms. The number of benzene rings is 1. The summed E-state index contributed by atoms with van der Waals surface area (Å²) in [4.78, 5) is 10.9. The van der Waals surface area contributed by atoms with Crippen LogP contribution in [0.15, 0.2) is 6.07 Å². The van der Waals surface area contributed by atoms with E-state index in [9.17, 15) is 9.18 Å². The van der Waals surface area contributed by atoms with Gasteiger partial charge in [0, 0.05) is 0 Å². The van der Waals surface area contributed by atoms with Gasteiger partial charge in [-0.2, -0.15) is 4.39 Å². The monoisotopic (exact) mass is 184 g/mol. The van der Waals surface area contributed by atoms with Crippen molar-refractivity contribution < 1.29 is 19.4 Å². The second-order valence-corrected chi connectivity index (χ2v) is 2.81. The van der Waals surface area contributed by atoms with Crippen molar-refractivity contribution in [3.05, 3.63) is 23.0 Å². The molecular formula is C9H9FO3. The SMILES string of the molecule is CC(=O)c1cc(C)c(O)c(F)c1O. The van der Waals surface area contributed by atoms with Gasteiger partial charge in [0.25, 0.3) is 0 Å². The maximum atomic E-state index is 13.0. The summed E-state index contributed by atoms with van der Waals surface area (Å²) in [6.45, 7) is 2.66. The zero-order valence-corrected chi connectivity index (χ0v) is 7.26. The number of aryl methyl sites for hydroxylation is 1. The second-order valence-electron chi connectivity index (χ2n) is 2.81. The standard InChI is InChI=1S/C9H9FO3/c1-4-3-6(5(2)11)9(13)7(10)8(4)12/h3,12-13H,1-2H3. The Labute approximate surface area is 74.4 Å². The van der Waals surface area contributed by atoms with Crippen molar-refractivity contribution in [2.24, 2.45) is 0 Å². The van der Waals surface area contributed by atoms with Gasteiger partial charge < -0.3 is 10.2 Å². The number of aromatic hydroxyl groups is 2. The molecule has 1 aromatic carbocycles. The predicted molar refractivity (Wildman–Crippen MR) is 44.5 cm³/mol. The molecular weight excluding hydrogens is 175 g/mol. The highest BCUT2D eigenvalue weighted by Gasteiger charge is 2.17. The van der Waals surface area contributed by atoms with Crippen molar-refractivity contribution in [3.63, 3.8) is 0 Å². The third-order valence-corrected chi connectivity index (χ3v) is 1.78. The molecule has 70 valence electrons. The summed E-state index contributed by atoms with van der Waals surface area (Å²) >= 11 is 0. The number of Topliss-reactive ketones (excluding diaryl/α,β-unsaturated/α-hetero) is 1. The van der Waals surface area contributed by atoms with Gasteiger partial charge in [0.15, 0.2) is 17.3 Å². The van der Waals surface area contributed by atoms with Gasteiger partial charge in [0.05, 0.1) is 5.56 Å². The fourth-order valence-corrected chi connectivity index (χ4v) is 1.03. The minimum absolute atomic E-state index is 0.118. The Morgan fingerprint density at radius 3 is 2.38 bits per heavy atom. The molecule has 0 saturated heterocycles. The fourth-order valence-electron chi connectivity index (χ4n) is 1.03. The van der Waals surface area contributed by atoms with Crippen LogP contribution in [-0.4, -0.2) is 16.0 Å². The lowest BCUT2D eigenvalue weighted by atomic mass is 10.1. The van der Waals surface area contributed by atoms with Gasteiger partial charge >= 0.3 is 0 Å². The lowest BCUT2D eigenvalue weighted by Gasteiger charge is -2.06. The van der Waals surface area contributed by atoms with Gasteiger partial charge in [-0.05, 0) is 25.5 Å². The molecule has 0 aliphatic heterocycles. The first-order chi connectivity index (χ1) is 5.95. The first-order valence-electron chi connectivity index (χ1n) is 3.67. The van der Waals surface area contributed by atoms with Gasteiger partial charge in [-0.3, -0.25) is 4.79 Å². The van der Waals surface area contributed by atoms with E-state index in [4.69, 9.17) is 10.2 Å². The third-order valence-electron chi connectivity index (χ3n) is 1.78. The van der Waals surface area contributed by atoms with Crippen molar-refractivity contribution in [3.8, 4) is 11.5 Å². The number of carbonyl (C=O) groups excluding carboxylic acids is 1. The van der Waals surface area contributed by atoms with Crippen LogP contribution in [0.25, 0.3) is 0 Å². The average molecular weight is 184 g/mol. The molecule has 0 radical (unpaired) electrons. The van der Waals surface area contributed by atoms with Crippen LogP contribution in [0.2, 0.25) is 0 Å². The Balaban J connectivity index is 3.50. The predicted octanol–water partition coefficient (Wildman–Crippen LogP) is 1.75. The molecule has 0 aliphatic rings. The van der Waals surface area contributed by atoms with Crippen LogP contribution in [-0.2, 0) is 0 Å². The van der Waals surface area contributed by atoms with Gasteiger partial charge in [0.2, 0.25) is 5.82 Å². The van der Waals surface area contributed by atoms with Crippen molar-refractivity contribution in [1.29, 1.82) is 0 Å². The van der Waals surface area contributed by atoms with E-state index < -0.39 is 23.1 Å². The molecule has 0 aliphatic carbocycles. The smallest absolute Gasteiger partial charge is 0.207 e. The minimum Gasteiger partial charge on any atom is -0.505 e. The number of phenols is 2. The lowest BCUT2D eigenvalue weighted by Crippen LogP contribution is -1.96. The summed E-state index contributed by atoms with van der Waals surface area (Å²) < 4.78 is 13.0. The summed E-state index contributed by atoms with van der Waals surface area (Å²) in [5, 5.41) is 18.2. The van der Waals surface area contributed by atoms with Gasteiger partial charge in [-0.15, -0.1) is 0 Å². The molecule has 3 nitrogen and oxygen atoms in total. The van der Waals surface area contributed by atoms with E-state index in [-0.39, 0.29) is 11.1 Å². The molecule has 0 bridgehead atoms. The Hall–Kier alpha value is -1.58. The topological polar surface area (TPSA) is 57.5 Å². The molecule has 1 rings (SSSR count). The normalized spacial score (nSPS) is 10.1. The number of hydrogen-bond acceptors (Lipinski definition) is 3. The first-order valence-corrected chi connectivity index (χ1v) is 3.67. The van der Waals surface area contributed by atoms with Crippen LogP contribution in [0.5, 0.6) is 11.5 Å². The van der Waals surface area contributed by atoms with Crippen molar-refractivity contribution in [2.75, 3.05) is 0 Å². The van der Waals surface area contributed by atoms with Gasteiger partial charge in [-0.1, -0.05) is 0 Å². The maximum absolute atomic E-state index is 13.0. The molecule has 4 heteroatoms. The summed E-state index contributed by atoms with van der Waals surface area (Å²) in [6, 6.07) is 1.25. The van der Waals surface area contributed by atoms with Crippen molar-refractivity contribution >= 4 is 5.78 Å². The molecule has 0 saturated carbocycles. The molecule has 0 amide bonds. The summed E-state index contributed by atoms with van der Waals surface area (Å²) in [6.07, 6.45) is 0. The molecule has 0 atom stereocenters. The molecule has 0 aromatic heterocycles. The summed E-state index contributed by atoms with van der Waals surface area (Å²) in [5.74, 6) is -3.01. The van der Waals surface area contributed by atoms with E-state index in [2.05, 4.69) is 0 Å². The lowest BCUT2D eigenvalue weighted by molar-refractivity contribution is 0.101. The zero-order chi connectivity index (χ0) is 10.2. The summed E-state index contributed by atoms with van der Waals surface area (Å²) in [5.41, 5.74) is 0.105. The van der Waals surface area contributed by atoms with E-state index in [1.165, 1.54) is 19.9 Å². The second kappa shape index (κ2) is 3.05. The fraction of sp³-hybridized carbons (Fsp3) is 0.222.